The number of rotatable bonds is 5. The van der Waals surface area contributed by atoms with E-state index < -0.39 is 0 Å². The lowest BCUT2D eigenvalue weighted by molar-refractivity contribution is -0.209. The van der Waals surface area contributed by atoms with Gasteiger partial charge >= 0.3 is 5.97 Å². The zero-order valence-electron chi connectivity index (χ0n) is 21.5. The molecule has 194 valence electrons. The van der Waals surface area contributed by atoms with Crippen molar-refractivity contribution in [2.45, 2.75) is 97.4 Å². The number of aliphatic hydroxyl groups excluding tert-OH is 3. The molecular weight excluding hydrogens is 432 g/mol. The third kappa shape index (κ3) is 4.39. The Bertz CT molecular complexity index is 753. The van der Waals surface area contributed by atoms with E-state index >= 15 is 0 Å². The Morgan fingerprint density at radius 3 is 2.38 bits per heavy atom. The molecule has 4 rings (SSSR count). The van der Waals surface area contributed by atoms with Crippen LogP contribution < -0.4 is 0 Å². The lowest BCUT2D eigenvalue weighted by atomic mass is 9.43. The first-order valence-corrected chi connectivity index (χ1v) is 13.2. The predicted molar refractivity (Wildman–Crippen MR) is 131 cm³/mol. The van der Waals surface area contributed by atoms with Crippen LogP contribution in [0, 0.1) is 46.3 Å². The molecular formula is C28H46O6. The average Bonchev–Trinajstić information content (AvgIpc) is 3.15. The standard InChI is InChI=1S/C27H44O5.CH2O/c1-15(2)25(31)32-18-8-10-26(4)17(12-18)13-22(29)24-20-7-6-19(16(3)9-11-28)27(20,5)23(30)14-21(24)26;1-2/h16-24,28-30H,1,6-14H2,2-5H3;1H2. The van der Waals surface area contributed by atoms with Crippen LogP contribution in [0.2, 0.25) is 0 Å². The first kappa shape index (κ1) is 27.3. The average molecular weight is 479 g/mol. The van der Waals surface area contributed by atoms with Crippen LogP contribution in [0.1, 0.15) is 79.1 Å². The van der Waals surface area contributed by atoms with Crippen molar-refractivity contribution in [2.75, 3.05) is 6.61 Å². The minimum atomic E-state index is -0.371. The molecule has 0 aromatic rings. The van der Waals surface area contributed by atoms with E-state index in [-0.39, 0.29) is 47.6 Å². The van der Waals surface area contributed by atoms with Gasteiger partial charge in [-0.25, -0.2) is 4.79 Å². The Morgan fingerprint density at radius 2 is 1.76 bits per heavy atom. The fourth-order valence-electron chi connectivity index (χ4n) is 8.88. The summed E-state index contributed by atoms with van der Waals surface area (Å²) in [6.45, 7) is 14.4. The number of ether oxygens (including phenoxy) is 1. The van der Waals surface area contributed by atoms with Gasteiger partial charge in [0.15, 0.2) is 0 Å². The summed E-state index contributed by atoms with van der Waals surface area (Å²) in [5.74, 6) is 1.62. The molecule has 0 saturated heterocycles. The normalized spacial score (nSPS) is 46.1. The zero-order chi connectivity index (χ0) is 25.4. The largest absolute Gasteiger partial charge is 0.459 e. The molecule has 0 heterocycles. The molecule has 0 aliphatic heterocycles. The molecule has 0 aromatic heterocycles. The van der Waals surface area contributed by atoms with Crippen LogP contribution in [0.15, 0.2) is 12.2 Å². The molecule has 0 aromatic carbocycles. The molecule has 11 atom stereocenters. The Kier molecular flexibility index (Phi) is 8.36. The van der Waals surface area contributed by atoms with Gasteiger partial charge in [-0.15, -0.1) is 0 Å². The maximum Gasteiger partial charge on any atom is 0.333 e. The van der Waals surface area contributed by atoms with E-state index in [4.69, 9.17) is 9.53 Å². The summed E-state index contributed by atoms with van der Waals surface area (Å²) in [7, 11) is 0. The van der Waals surface area contributed by atoms with Crippen molar-refractivity contribution in [2.24, 2.45) is 46.3 Å². The second-order valence-electron chi connectivity index (χ2n) is 12.2. The molecule has 4 aliphatic rings. The highest BCUT2D eigenvalue weighted by Crippen LogP contribution is 2.68. The van der Waals surface area contributed by atoms with Gasteiger partial charge < -0.3 is 24.9 Å². The van der Waals surface area contributed by atoms with E-state index in [2.05, 4.69) is 27.4 Å². The smallest absolute Gasteiger partial charge is 0.333 e. The van der Waals surface area contributed by atoms with Crippen molar-refractivity contribution >= 4 is 12.8 Å². The number of hydrogen-bond donors (Lipinski definition) is 3. The second-order valence-corrected chi connectivity index (χ2v) is 12.2. The number of aliphatic hydroxyl groups is 3. The fraction of sp³-hybridized carbons (Fsp3) is 0.857. The number of esters is 1. The van der Waals surface area contributed by atoms with Crippen LogP contribution in [-0.4, -0.2) is 53.0 Å². The number of fused-ring (bicyclic) bond motifs is 5. The summed E-state index contributed by atoms with van der Waals surface area (Å²) in [5.41, 5.74) is 0.310. The van der Waals surface area contributed by atoms with E-state index in [1.807, 2.05) is 6.79 Å². The Labute approximate surface area is 205 Å². The molecule has 6 nitrogen and oxygen atoms in total. The van der Waals surface area contributed by atoms with Gasteiger partial charge in [0.1, 0.15) is 12.9 Å². The molecule has 0 radical (unpaired) electrons. The molecule has 34 heavy (non-hydrogen) atoms. The molecule has 3 N–H and O–H groups in total. The number of carbonyl (C=O) groups is 2. The SMILES string of the molecule is C=C(C)C(=O)OC1CCC2(C)C(C1)CC(O)C1C2CC(O)C2(C)C(C(C)CCO)CCC12.C=O. The lowest BCUT2D eigenvalue weighted by Gasteiger charge is -2.63. The van der Waals surface area contributed by atoms with E-state index in [1.165, 1.54) is 0 Å². The van der Waals surface area contributed by atoms with Gasteiger partial charge in [-0.1, -0.05) is 27.4 Å². The number of hydrogen-bond acceptors (Lipinski definition) is 6. The molecule has 4 saturated carbocycles. The first-order valence-electron chi connectivity index (χ1n) is 13.2. The summed E-state index contributed by atoms with van der Waals surface area (Å²) in [4.78, 5) is 20.1. The van der Waals surface area contributed by atoms with Crippen LogP contribution in [0.5, 0.6) is 0 Å². The summed E-state index contributed by atoms with van der Waals surface area (Å²) in [6.07, 6.45) is 6.21. The van der Waals surface area contributed by atoms with Crippen LogP contribution in [0.3, 0.4) is 0 Å². The van der Waals surface area contributed by atoms with Crippen molar-refractivity contribution in [3.63, 3.8) is 0 Å². The van der Waals surface area contributed by atoms with Gasteiger partial charge in [0.05, 0.1) is 12.2 Å². The maximum atomic E-state index is 12.1. The summed E-state index contributed by atoms with van der Waals surface area (Å²) in [6, 6.07) is 0. The van der Waals surface area contributed by atoms with E-state index in [0.717, 1.165) is 51.4 Å². The third-order valence-corrected chi connectivity index (χ3v) is 10.7. The summed E-state index contributed by atoms with van der Waals surface area (Å²) < 4.78 is 5.70. The van der Waals surface area contributed by atoms with Crippen molar-refractivity contribution in [3.05, 3.63) is 12.2 Å². The summed E-state index contributed by atoms with van der Waals surface area (Å²) in [5, 5.41) is 32.5. The van der Waals surface area contributed by atoms with Gasteiger partial charge in [0.25, 0.3) is 0 Å². The van der Waals surface area contributed by atoms with Gasteiger partial charge in [-0.05, 0) is 105 Å². The predicted octanol–water partition coefficient (Wildman–Crippen LogP) is 3.91. The highest BCUT2D eigenvalue weighted by Gasteiger charge is 2.65. The highest BCUT2D eigenvalue weighted by molar-refractivity contribution is 5.87. The second kappa shape index (κ2) is 10.4. The zero-order valence-corrected chi connectivity index (χ0v) is 21.5. The minimum absolute atomic E-state index is 0.0626. The van der Waals surface area contributed by atoms with E-state index in [9.17, 15) is 20.1 Å². The van der Waals surface area contributed by atoms with Crippen LogP contribution in [-0.2, 0) is 14.3 Å². The Morgan fingerprint density at radius 1 is 1.09 bits per heavy atom. The van der Waals surface area contributed by atoms with E-state index in [0.29, 0.717) is 35.2 Å². The molecule has 4 aliphatic carbocycles. The van der Waals surface area contributed by atoms with Crippen molar-refractivity contribution in [1.29, 1.82) is 0 Å². The van der Waals surface area contributed by atoms with Gasteiger partial charge in [-0.2, -0.15) is 0 Å². The first-order chi connectivity index (χ1) is 16.0. The molecule has 0 bridgehead atoms. The van der Waals surface area contributed by atoms with Gasteiger partial charge in [0, 0.05) is 12.2 Å². The Hall–Kier alpha value is -1.24. The van der Waals surface area contributed by atoms with Crippen molar-refractivity contribution < 1.29 is 29.6 Å². The molecule has 0 spiro atoms. The highest BCUT2D eigenvalue weighted by atomic mass is 16.5. The Balaban J connectivity index is 0.00000158. The van der Waals surface area contributed by atoms with E-state index in [1.54, 1.807) is 6.92 Å². The fourth-order valence-corrected chi connectivity index (χ4v) is 8.88. The molecule has 0 amide bonds. The van der Waals surface area contributed by atoms with Gasteiger partial charge in [-0.3, -0.25) is 0 Å². The topological polar surface area (TPSA) is 104 Å². The van der Waals surface area contributed by atoms with Crippen molar-refractivity contribution in [1.82, 2.24) is 0 Å². The number of carbonyl (C=O) groups excluding carboxylic acids is 2. The van der Waals surface area contributed by atoms with Gasteiger partial charge in [0.2, 0.25) is 0 Å². The quantitative estimate of drug-likeness (QED) is 0.409. The molecule has 6 heteroatoms. The minimum Gasteiger partial charge on any atom is -0.459 e. The molecule has 4 fully saturated rings. The molecule has 11 unspecified atom stereocenters. The summed E-state index contributed by atoms with van der Waals surface area (Å²) >= 11 is 0. The van der Waals surface area contributed by atoms with Crippen LogP contribution in [0.4, 0.5) is 0 Å². The van der Waals surface area contributed by atoms with Crippen molar-refractivity contribution in [3.8, 4) is 0 Å². The monoisotopic (exact) mass is 478 g/mol. The maximum absolute atomic E-state index is 12.1. The van der Waals surface area contributed by atoms with Crippen LogP contribution in [0.25, 0.3) is 0 Å². The third-order valence-electron chi connectivity index (χ3n) is 10.7. The lowest BCUT2D eigenvalue weighted by Crippen LogP contribution is -2.62. The van der Waals surface area contributed by atoms with Crippen LogP contribution >= 0.6 is 0 Å².